The smallest absolute Gasteiger partial charge is 0.426 e. The highest BCUT2D eigenvalue weighted by atomic mass is 31.2. The van der Waals surface area contributed by atoms with Crippen LogP contribution in [0, 0.1) is 28.4 Å². The lowest BCUT2D eigenvalue weighted by molar-refractivity contribution is -0.121. The summed E-state index contributed by atoms with van der Waals surface area (Å²) in [5.41, 5.74) is -2.77. The number of halogens is 2. The quantitative estimate of drug-likeness (QED) is 0.319. The number of phosphoric ester groups is 1. The number of ether oxygens (including phenoxy) is 2. The van der Waals surface area contributed by atoms with Gasteiger partial charge in [0.2, 0.25) is 11.9 Å². The topological polar surface area (TPSA) is 153 Å². The fourth-order valence-corrected chi connectivity index (χ4v) is 4.43. The van der Waals surface area contributed by atoms with Crippen LogP contribution < -0.4 is 4.90 Å². The molecule has 0 atom stereocenters. The third kappa shape index (κ3) is 6.66. The van der Waals surface area contributed by atoms with Crippen LogP contribution in [0.15, 0.2) is 6.07 Å². The number of imidazole rings is 1. The summed E-state index contributed by atoms with van der Waals surface area (Å²) < 4.78 is 62.1. The molecule has 3 rings (SSSR count). The maximum atomic E-state index is 15.3. The van der Waals surface area contributed by atoms with Crippen molar-refractivity contribution in [3.63, 3.8) is 0 Å². The SMILES string of the molecule is CC(C)(C)CC(=O)N(COC(=O)OC1COP(=O)(O)OC1)c1nc2c(F)cc(C#N)c(F)c2n1C(C)(C)C. The van der Waals surface area contributed by atoms with Gasteiger partial charge in [-0.3, -0.25) is 13.8 Å². The van der Waals surface area contributed by atoms with Gasteiger partial charge in [-0.25, -0.2) is 28.0 Å². The minimum Gasteiger partial charge on any atom is -0.426 e. The van der Waals surface area contributed by atoms with E-state index in [0.717, 1.165) is 11.0 Å². The fourth-order valence-electron chi connectivity index (χ4n) is 3.65. The van der Waals surface area contributed by atoms with E-state index in [-0.39, 0.29) is 17.9 Å². The summed E-state index contributed by atoms with van der Waals surface area (Å²) in [6.45, 7) is 8.80. The van der Waals surface area contributed by atoms with E-state index in [1.807, 2.05) is 0 Å². The Labute approximate surface area is 217 Å². The Hall–Kier alpha value is -3.11. The monoisotopic (exact) mass is 558 g/mol. The molecule has 0 bridgehead atoms. The molecule has 1 amide bonds. The minimum absolute atomic E-state index is 0.0523. The van der Waals surface area contributed by atoms with Crippen LogP contribution in [0.3, 0.4) is 0 Å². The highest BCUT2D eigenvalue weighted by Crippen LogP contribution is 2.46. The van der Waals surface area contributed by atoms with E-state index in [0.29, 0.717) is 0 Å². The molecule has 208 valence electrons. The molecule has 0 saturated carbocycles. The molecule has 2 aromatic rings. The van der Waals surface area contributed by atoms with Crippen LogP contribution in [0.5, 0.6) is 0 Å². The van der Waals surface area contributed by atoms with E-state index in [9.17, 15) is 28.7 Å². The molecule has 1 fully saturated rings. The van der Waals surface area contributed by atoms with E-state index in [2.05, 4.69) is 14.0 Å². The summed E-state index contributed by atoms with van der Waals surface area (Å²) in [6, 6.07) is 2.33. The average molecular weight is 558 g/mol. The lowest BCUT2D eigenvalue weighted by Crippen LogP contribution is -2.40. The maximum absolute atomic E-state index is 15.3. The molecule has 1 aliphatic heterocycles. The highest BCUT2D eigenvalue weighted by molar-refractivity contribution is 7.47. The lowest BCUT2D eigenvalue weighted by Gasteiger charge is -2.31. The summed E-state index contributed by atoms with van der Waals surface area (Å²) >= 11 is 0. The Kier molecular flexibility index (Phi) is 8.19. The average Bonchev–Trinajstić information content (AvgIpc) is 3.18. The number of aromatic nitrogens is 2. The van der Waals surface area contributed by atoms with E-state index < -0.39 is 79.6 Å². The van der Waals surface area contributed by atoms with E-state index in [1.54, 1.807) is 47.6 Å². The minimum atomic E-state index is -4.20. The number of anilines is 1. The standard InChI is InChI=1S/C23H29F2N4O8P/c1-22(2,3)8-16(30)28(12-34-21(31)37-14-10-35-38(32,33)36-11-14)20-27-18-15(24)7-13(9-26)17(25)19(18)29(20)23(4,5)6/h7,14H,8,10-12H2,1-6H3,(H,32,33). The van der Waals surface area contributed by atoms with Gasteiger partial charge >= 0.3 is 14.0 Å². The molecule has 0 radical (unpaired) electrons. The Morgan fingerprint density at radius 1 is 1.26 bits per heavy atom. The molecule has 1 aromatic carbocycles. The van der Waals surface area contributed by atoms with Crippen LogP contribution in [0.2, 0.25) is 0 Å². The normalized spacial score (nSPS) is 20.2. The third-order valence-electron chi connectivity index (χ3n) is 5.24. The summed E-state index contributed by atoms with van der Waals surface area (Å²) in [7, 11) is -4.20. The second kappa shape index (κ2) is 10.6. The van der Waals surface area contributed by atoms with Crippen LogP contribution in [-0.4, -0.2) is 52.6 Å². The number of hydrogen-bond acceptors (Lipinski definition) is 9. The zero-order valence-corrected chi connectivity index (χ0v) is 22.7. The molecule has 2 heterocycles. The fraction of sp³-hybridized carbons (Fsp3) is 0.565. The Morgan fingerprint density at radius 2 is 1.87 bits per heavy atom. The van der Waals surface area contributed by atoms with Crippen molar-refractivity contribution in [2.75, 3.05) is 24.8 Å². The van der Waals surface area contributed by atoms with Crippen molar-refractivity contribution in [1.29, 1.82) is 5.26 Å². The molecular formula is C23H29F2N4O8P. The predicted molar refractivity (Wildman–Crippen MR) is 129 cm³/mol. The van der Waals surface area contributed by atoms with Crippen LogP contribution >= 0.6 is 7.82 Å². The van der Waals surface area contributed by atoms with Gasteiger partial charge in [0, 0.05) is 12.0 Å². The number of carbonyl (C=O) groups excluding carboxylic acids is 2. The zero-order chi connectivity index (χ0) is 28.6. The summed E-state index contributed by atoms with van der Waals surface area (Å²) in [4.78, 5) is 40.1. The third-order valence-corrected chi connectivity index (χ3v) is 6.19. The van der Waals surface area contributed by atoms with Crippen molar-refractivity contribution in [2.24, 2.45) is 5.41 Å². The zero-order valence-electron chi connectivity index (χ0n) is 21.8. The summed E-state index contributed by atoms with van der Waals surface area (Å²) in [5, 5.41) is 9.27. The number of nitriles is 1. The Morgan fingerprint density at radius 3 is 2.39 bits per heavy atom. The van der Waals surface area contributed by atoms with Crippen LogP contribution in [-0.2, 0) is 33.4 Å². The highest BCUT2D eigenvalue weighted by Gasteiger charge is 2.35. The van der Waals surface area contributed by atoms with Crippen molar-refractivity contribution in [2.45, 2.75) is 59.6 Å². The van der Waals surface area contributed by atoms with E-state index in [4.69, 9.17) is 9.47 Å². The summed E-state index contributed by atoms with van der Waals surface area (Å²) in [6.07, 6.45) is -2.36. The molecule has 1 N–H and O–H groups in total. The molecule has 1 saturated heterocycles. The molecule has 1 aromatic heterocycles. The number of phosphoric acid groups is 1. The number of fused-ring (bicyclic) bond motifs is 1. The van der Waals surface area contributed by atoms with Gasteiger partial charge in [0.05, 0.1) is 18.8 Å². The second-order valence-corrected chi connectivity index (χ2v) is 12.3. The molecule has 1 aliphatic rings. The largest absolute Gasteiger partial charge is 0.510 e. The van der Waals surface area contributed by atoms with Gasteiger partial charge in [-0.05, 0) is 32.3 Å². The first-order valence-corrected chi connectivity index (χ1v) is 13.0. The molecule has 15 heteroatoms. The van der Waals surface area contributed by atoms with Gasteiger partial charge in [0.1, 0.15) is 17.1 Å². The van der Waals surface area contributed by atoms with Crippen molar-refractivity contribution in [3.8, 4) is 6.07 Å². The first-order valence-electron chi connectivity index (χ1n) is 11.5. The Bertz CT molecular complexity index is 1330. The number of benzene rings is 1. The molecule has 0 spiro atoms. The van der Waals surface area contributed by atoms with Crippen LogP contribution in [0.25, 0.3) is 11.0 Å². The van der Waals surface area contributed by atoms with Crippen molar-refractivity contribution in [1.82, 2.24) is 9.55 Å². The maximum Gasteiger partial charge on any atom is 0.510 e. The van der Waals surface area contributed by atoms with Crippen LogP contribution in [0.4, 0.5) is 19.5 Å². The molecule has 0 unspecified atom stereocenters. The first-order chi connectivity index (χ1) is 17.4. The second-order valence-electron chi connectivity index (χ2n) is 10.8. The summed E-state index contributed by atoms with van der Waals surface area (Å²) in [5.74, 6) is -2.77. The first kappa shape index (κ1) is 29.4. The number of nitrogens with zero attached hydrogens (tertiary/aromatic N) is 4. The van der Waals surface area contributed by atoms with E-state index in [1.165, 1.54) is 4.57 Å². The van der Waals surface area contributed by atoms with Gasteiger partial charge < -0.3 is 18.9 Å². The van der Waals surface area contributed by atoms with Gasteiger partial charge in [-0.1, -0.05) is 20.8 Å². The Balaban J connectivity index is 2.01. The van der Waals surface area contributed by atoms with Gasteiger partial charge in [-0.2, -0.15) is 5.26 Å². The number of rotatable bonds is 5. The van der Waals surface area contributed by atoms with Crippen molar-refractivity contribution in [3.05, 3.63) is 23.3 Å². The van der Waals surface area contributed by atoms with Gasteiger partial charge in [0.15, 0.2) is 24.5 Å². The molecule has 38 heavy (non-hydrogen) atoms. The molecule has 0 aliphatic carbocycles. The van der Waals surface area contributed by atoms with E-state index >= 15 is 4.39 Å². The van der Waals surface area contributed by atoms with Gasteiger partial charge in [0.25, 0.3) is 0 Å². The molecule has 12 nitrogen and oxygen atoms in total. The predicted octanol–water partition coefficient (Wildman–Crippen LogP) is 4.34. The van der Waals surface area contributed by atoms with Crippen LogP contribution in [0.1, 0.15) is 53.5 Å². The van der Waals surface area contributed by atoms with Crippen molar-refractivity contribution >= 4 is 36.9 Å². The number of amides is 1. The van der Waals surface area contributed by atoms with Crippen molar-refractivity contribution < 1.29 is 46.3 Å². The number of hydrogen-bond donors (Lipinski definition) is 1. The lowest BCUT2D eigenvalue weighted by atomic mass is 9.92. The molecular weight excluding hydrogens is 529 g/mol. The van der Waals surface area contributed by atoms with Gasteiger partial charge in [-0.15, -0.1) is 0 Å². The number of carbonyl (C=O) groups is 2.